The molecule has 0 aliphatic carbocycles. The molecule has 3 aromatic rings. The van der Waals surface area contributed by atoms with Gasteiger partial charge in [-0.05, 0) is 30.5 Å². The molecule has 13 heteroatoms. The van der Waals surface area contributed by atoms with Crippen molar-refractivity contribution >= 4 is 61.4 Å². The number of benzene rings is 1. The Kier molecular flexibility index (Phi) is 7.82. The van der Waals surface area contributed by atoms with Crippen LogP contribution in [0.2, 0.25) is 0 Å². The fourth-order valence-electron chi connectivity index (χ4n) is 3.36. The molecule has 1 aliphatic heterocycles. The van der Waals surface area contributed by atoms with Crippen molar-refractivity contribution < 1.29 is 32.3 Å². The van der Waals surface area contributed by atoms with Gasteiger partial charge in [0.2, 0.25) is 0 Å². The predicted octanol–water partition coefficient (Wildman–Crippen LogP) is 3.26. The van der Waals surface area contributed by atoms with Gasteiger partial charge < -0.3 is 14.8 Å². The first-order valence-corrected chi connectivity index (χ1v) is 14.0. The third kappa shape index (κ3) is 5.64. The van der Waals surface area contributed by atoms with Crippen molar-refractivity contribution in [3.05, 3.63) is 58.3 Å². The minimum atomic E-state index is -3.66. The Balaban J connectivity index is 1.33. The first kappa shape index (κ1) is 25.5. The second-order valence-electron chi connectivity index (χ2n) is 7.34. The van der Waals surface area contributed by atoms with Crippen LogP contribution in [0.3, 0.4) is 0 Å². The van der Waals surface area contributed by atoms with Crippen LogP contribution >= 0.6 is 22.7 Å². The quantitative estimate of drug-likeness (QED) is 0.392. The minimum absolute atomic E-state index is 0.0330. The highest BCUT2D eigenvalue weighted by molar-refractivity contribution is 7.90. The summed E-state index contributed by atoms with van der Waals surface area (Å²) in [5.74, 6) is -1.70. The summed E-state index contributed by atoms with van der Waals surface area (Å²) in [6.07, 6.45) is -0.156. The number of nitrogens with zero attached hydrogens (tertiary/aromatic N) is 1. The van der Waals surface area contributed by atoms with Crippen molar-refractivity contribution in [2.24, 2.45) is 4.99 Å². The SMILES string of the molecule is CCOC(=O)c1c(-c2cccs2)csc1NC(=O)COC(=O)CCN=C1NS(=O)(=O)c2ccccc21. The number of ether oxygens (including phenoxy) is 2. The van der Waals surface area contributed by atoms with E-state index in [1.807, 2.05) is 17.5 Å². The summed E-state index contributed by atoms with van der Waals surface area (Å²) in [7, 11) is -3.66. The maximum atomic E-state index is 12.5. The van der Waals surface area contributed by atoms with Crippen molar-refractivity contribution in [3.63, 3.8) is 0 Å². The molecule has 0 atom stereocenters. The van der Waals surface area contributed by atoms with Crippen molar-refractivity contribution in [1.29, 1.82) is 0 Å². The van der Waals surface area contributed by atoms with Crippen LogP contribution in [0, 0.1) is 0 Å². The van der Waals surface area contributed by atoms with Crippen LogP contribution in [-0.2, 0) is 29.1 Å². The second kappa shape index (κ2) is 11.0. The molecule has 3 heterocycles. The molecule has 4 rings (SSSR count). The van der Waals surface area contributed by atoms with Crippen LogP contribution in [0.5, 0.6) is 0 Å². The molecule has 0 saturated heterocycles. The van der Waals surface area contributed by atoms with Gasteiger partial charge in [0.25, 0.3) is 15.9 Å². The van der Waals surface area contributed by atoms with E-state index < -0.39 is 34.5 Å². The Hall–Kier alpha value is -3.55. The highest BCUT2D eigenvalue weighted by atomic mass is 32.2. The number of hydrogen-bond donors (Lipinski definition) is 2. The standard InChI is InChI=1S/C23H21N3O7S3/c1-2-32-23(29)20-15(16-7-5-11-34-16)13-35-22(20)25-18(27)12-33-19(28)9-10-24-21-14-6-3-4-8-17(14)36(30,31)26-21/h3-8,11,13H,2,9-10,12H2,1H3,(H,24,26)(H,25,27). The molecule has 0 fully saturated rings. The number of aliphatic imine (C=N–C) groups is 1. The monoisotopic (exact) mass is 547 g/mol. The van der Waals surface area contributed by atoms with Crippen LogP contribution in [0.4, 0.5) is 5.00 Å². The number of anilines is 1. The Morgan fingerprint density at radius 1 is 1.06 bits per heavy atom. The number of amidine groups is 1. The van der Waals surface area contributed by atoms with E-state index in [9.17, 15) is 22.8 Å². The molecule has 0 saturated carbocycles. The van der Waals surface area contributed by atoms with Crippen molar-refractivity contribution in [2.45, 2.75) is 18.2 Å². The average Bonchev–Trinajstić information content (AvgIpc) is 3.57. The first-order chi connectivity index (χ1) is 17.3. The van der Waals surface area contributed by atoms with E-state index >= 15 is 0 Å². The number of hydrogen-bond acceptors (Lipinski definition) is 10. The van der Waals surface area contributed by atoms with E-state index in [1.165, 1.54) is 28.7 Å². The van der Waals surface area contributed by atoms with Gasteiger partial charge >= 0.3 is 11.9 Å². The molecular formula is C23H21N3O7S3. The number of carbonyl (C=O) groups is 3. The Morgan fingerprint density at radius 3 is 2.61 bits per heavy atom. The lowest BCUT2D eigenvalue weighted by molar-refractivity contribution is -0.147. The largest absolute Gasteiger partial charge is 0.462 e. The number of esters is 2. The Labute approximate surface area is 215 Å². The van der Waals surface area contributed by atoms with Gasteiger partial charge in [0, 0.05) is 21.4 Å². The zero-order valence-corrected chi connectivity index (χ0v) is 21.4. The van der Waals surface area contributed by atoms with Gasteiger partial charge in [-0.1, -0.05) is 18.2 Å². The molecule has 36 heavy (non-hydrogen) atoms. The van der Waals surface area contributed by atoms with E-state index in [1.54, 1.807) is 30.5 Å². The number of sulfonamides is 1. The predicted molar refractivity (Wildman–Crippen MR) is 136 cm³/mol. The number of amides is 1. The maximum absolute atomic E-state index is 12.5. The first-order valence-electron chi connectivity index (χ1n) is 10.7. The molecule has 188 valence electrons. The molecule has 1 amide bonds. The van der Waals surface area contributed by atoms with Crippen LogP contribution in [0.15, 0.2) is 57.0 Å². The van der Waals surface area contributed by atoms with Crippen LogP contribution in [0.1, 0.15) is 29.3 Å². The van der Waals surface area contributed by atoms with Gasteiger partial charge in [0.05, 0.1) is 24.5 Å². The van der Waals surface area contributed by atoms with Crippen LogP contribution in [0.25, 0.3) is 10.4 Å². The van der Waals surface area contributed by atoms with E-state index in [0.29, 0.717) is 16.1 Å². The molecular weight excluding hydrogens is 526 g/mol. The molecule has 0 spiro atoms. The third-order valence-electron chi connectivity index (χ3n) is 4.92. The topological polar surface area (TPSA) is 140 Å². The normalized spacial score (nSPS) is 14.6. The lowest BCUT2D eigenvalue weighted by Gasteiger charge is -2.08. The highest BCUT2D eigenvalue weighted by Crippen LogP contribution is 2.38. The molecule has 0 unspecified atom stereocenters. The lowest BCUT2D eigenvalue weighted by Crippen LogP contribution is -2.23. The molecule has 10 nitrogen and oxygen atoms in total. The number of carbonyl (C=O) groups excluding carboxylic acids is 3. The summed E-state index contributed by atoms with van der Waals surface area (Å²) in [6.45, 7) is 1.28. The average molecular weight is 548 g/mol. The van der Waals surface area contributed by atoms with Crippen molar-refractivity contribution in [1.82, 2.24) is 4.72 Å². The van der Waals surface area contributed by atoms with E-state index in [-0.39, 0.29) is 35.9 Å². The number of thiophene rings is 2. The van der Waals surface area contributed by atoms with Crippen LogP contribution in [-0.4, -0.2) is 51.9 Å². The highest BCUT2D eigenvalue weighted by Gasteiger charge is 2.30. The molecule has 0 radical (unpaired) electrons. The molecule has 1 aliphatic rings. The summed E-state index contributed by atoms with van der Waals surface area (Å²) >= 11 is 2.63. The molecule has 2 N–H and O–H groups in total. The summed E-state index contributed by atoms with van der Waals surface area (Å²) in [5, 5.41) is 6.55. The summed E-state index contributed by atoms with van der Waals surface area (Å²) < 4.78 is 36.7. The fraction of sp³-hybridized carbons (Fsp3) is 0.217. The number of rotatable bonds is 9. The minimum Gasteiger partial charge on any atom is -0.462 e. The maximum Gasteiger partial charge on any atom is 0.341 e. The second-order valence-corrected chi connectivity index (χ2v) is 10.8. The van der Waals surface area contributed by atoms with E-state index in [0.717, 1.165) is 4.88 Å². The number of fused-ring (bicyclic) bond motifs is 1. The third-order valence-corrected chi connectivity index (χ3v) is 8.12. The van der Waals surface area contributed by atoms with E-state index in [4.69, 9.17) is 9.47 Å². The summed E-state index contributed by atoms with van der Waals surface area (Å²) in [6, 6.07) is 10.1. The Morgan fingerprint density at radius 2 is 1.86 bits per heavy atom. The zero-order valence-electron chi connectivity index (χ0n) is 19.0. The fourth-order valence-corrected chi connectivity index (χ4v) is 6.40. The van der Waals surface area contributed by atoms with Gasteiger partial charge in [0.15, 0.2) is 6.61 Å². The van der Waals surface area contributed by atoms with Crippen molar-refractivity contribution in [3.8, 4) is 10.4 Å². The lowest BCUT2D eigenvalue weighted by atomic mass is 10.1. The zero-order chi connectivity index (χ0) is 25.7. The Bertz CT molecular complexity index is 1430. The van der Waals surface area contributed by atoms with Gasteiger partial charge in [0.1, 0.15) is 16.4 Å². The molecule has 2 aromatic heterocycles. The van der Waals surface area contributed by atoms with Gasteiger partial charge in [-0.25, -0.2) is 13.2 Å². The molecule has 0 bridgehead atoms. The van der Waals surface area contributed by atoms with Crippen molar-refractivity contribution in [2.75, 3.05) is 25.1 Å². The summed E-state index contributed by atoms with van der Waals surface area (Å²) in [4.78, 5) is 42.1. The summed E-state index contributed by atoms with van der Waals surface area (Å²) in [5.41, 5.74) is 1.34. The number of nitrogens with one attached hydrogen (secondary N) is 2. The van der Waals surface area contributed by atoms with Gasteiger partial charge in [-0.3, -0.25) is 19.3 Å². The van der Waals surface area contributed by atoms with Crippen LogP contribution < -0.4 is 10.0 Å². The molecule has 1 aromatic carbocycles. The van der Waals surface area contributed by atoms with Gasteiger partial charge in [-0.2, -0.15) is 0 Å². The van der Waals surface area contributed by atoms with E-state index in [2.05, 4.69) is 15.0 Å². The smallest absolute Gasteiger partial charge is 0.341 e. The van der Waals surface area contributed by atoms with Gasteiger partial charge in [-0.15, -0.1) is 22.7 Å².